The molecule has 5 heteroatoms. The number of hydrogen-bond donors (Lipinski definition) is 1. The highest BCUT2D eigenvalue weighted by Gasteiger charge is 2.22. The molecule has 0 amide bonds. The number of nitrogen functional groups attached to an aromatic ring is 1. The first kappa shape index (κ1) is 6.97. The molecule has 11 heavy (non-hydrogen) atoms. The lowest BCUT2D eigenvalue weighted by atomic mass is 10.2. The van der Waals surface area contributed by atoms with Crippen LogP contribution < -0.4 is 5.73 Å². The molecule has 0 saturated carbocycles. The third-order valence-corrected chi connectivity index (χ3v) is 3.03. The Balaban J connectivity index is 2.15. The Morgan fingerprint density at radius 3 is 3.09 bits per heavy atom. The number of nitrogens with two attached hydrogens (primary N) is 1. The number of rotatable bonds is 1. The molecule has 1 atom stereocenters. The van der Waals surface area contributed by atoms with Gasteiger partial charge in [-0.15, -0.1) is 11.8 Å². The molecule has 1 aliphatic rings. The average molecular weight is 171 g/mol. The van der Waals surface area contributed by atoms with Crippen molar-refractivity contribution in [2.75, 3.05) is 11.5 Å². The van der Waals surface area contributed by atoms with Crippen molar-refractivity contribution in [1.82, 2.24) is 10.1 Å². The van der Waals surface area contributed by atoms with Crippen LogP contribution in [0.15, 0.2) is 4.52 Å². The minimum Gasteiger partial charge on any atom is -0.365 e. The van der Waals surface area contributed by atoms with Gasteiger partial charge >= 0.3 is 0 Å². The second kappa shape index (κ2) is 2.73. The molecule has 4 nitrogen and oxygen atoms in total. The molecule has 0 aromatic carbocycles. The lowest BCUT2D eigenvalue weighted by molar-refractivity contribution is 0.376. The maximum absolute atomic E-state index is 5.32. The van der Waals surface area contributed by atoms with E-state index in [1.807, 2.05) is 11.8 Å². The van der Waals surface area contributed by atoms with Gasteiger partial charge in [0, 0.05) is 0 Å². The molecule has 60 valence electrons. The highest BCUT2D eigenvalue weighted by molar-refractivity contribution is 7.99. The van der Waals surface area contributed by atoms with Gasteiger partial charge in [0.1, 0.15) is 0 Å². The van der Waals surface area contributed by atoms with Gasteiger partial charge in [0.2, 0.25) is 5.89 Å². The number of nitrogens with zero attached hydrogens (tertiary/aromatic N) is 2. The van der Waals surface area contributed by atoms with Crippen LogP contribution >= 0.6 is 11.8 Å². The molecule has 1 fully saturated rings. The van der Waals surface area contributed by atoms with Gasteiger partial charge in [0.05, 0.1) is 5.25 Å². The molecule has 0 radical (unpaired) electrons. The second-order valence-corrected chi connectivity index (χ2v) is 3.80. The maximum Gasteiger partial charge on any atom is 0.260 e. The van der Waals surface area contributed by atoms with Crippen LogP contribution in [0.1, 0.15) is 24.0 Å². The van der Waals surface area contributed by atoms with Gasteiger partial charge < -0.3 is 10.3 Å². The summed E-state index contributed by atoms with van der Waals surface area (Å²) in [5.74, 6) is 2.12. The summed E-state index contributed by atoms with van der Waals surface area (Å²) >= 11 is 1.86. The Bertz CT molecular complexity index is 244. The number of thioether (sulfide) groups is 1. The highest BCUT2D eigenvalue weighted by Crippen LogP contribution is 2.38. The van der Waals surface area contributed by atoms with E-state index < -0.39 is 0 Å². The van der Waals surface area contributed by atoms with Gasteiger partial charge in [-0.2, -0.15) is 4.98 Å². The van der Waals surface area contributed by atoms with Crippen LogP contribution in [0.25, 0.3) is 0 Å². The molecule has 1 aromatic rings. The quantitative estimate of drug-likeness (QED) is 0.688. The molecule has 1 aliphatic heterocycles. The summed E-state index contributed by atoms with van der Waals surface area (Å²) in [6.07, 6.45) is 2.36. The fourth-order valence-electron chi connectivity index (χ4n) is 1.15. The zero-order valence-electron chi connectivity index (χ0n) is 5.99. The molecule has 2 rings (SSSR count). The van der Waals surface area contributed by atoms with E-state index in [4.69, 9.17) is 10.3 Å². The summed E-state index contributed by atoms with van der Waals surface area (Å²) in [5, 5.41) is 3.93. The minimum atomic E-state index is 0.243. The molecule has 2 heterocycles. The zero-order chi connectivity index (χ0) is 7.68. The predicted molar refractivity (Wildman–Crippen MR) is 43.1 cm³/mol. The van der Waals surface area contributed by atoms with Crippen LogP contribution in [0.5, 0.6) is 0 Å². The first-order valence-corrected chi connectivity index (χ1v) is 4.62. The monoisotopic (exact) mass is 171 g/mol. The molecule has 1 aromatic heterocycles. The molecule has 0 spiro atoms. The van der Waals surface area contributed by atoms with Gasteiger partial charge in [-0.25, -0.2) is 0 Å². The zero-order valence-corrected chi connectivity index (χ0v) is 6.80. The van der Waals surface area contributed by atoms with Crippen LogP contribution in [0.3, 0.4) is 0 Å². The van der Waals surface area contributed by atoms with E-state index in [1.54, 1.807) is 0 Å². The van der Waals surface area contributed by atoms with Crippen LogP contribution in [0.2, 0.25) is 0 Å². The third-order valence-electron chi connectivity index (χ3n) is 1.66. The molecule has 1 unspecified atom stereocenters. The van der Waals surface area contributed by atoms with E-state index >= 15 is 0 Å². The SMILES string of the molecule is Nc1noc(C2CCCS2)n1. The largest absolute Gasteiger partial charge is 0.365 e. The van der Waals surface area contributed by atoms with Crippen molar-refractivity contribution in [3.63, 3.8) is 0 Å². The van der Waals surface area contributed by atoms with Crippen molar-refractivity contribution in [2.24, 2.45) is 0 Å². The van der Waals surface area contributed by atoms with Crippen LogP contribution in [0.4, 0.5) is 5.95 Å². The molecule has 0 bridgehead atoms. The molecule has 1 saturated heterocycles. The van der Waals surface area contributed by atoms with E-state index in [9.17, 15) is 0 Å². The van der Waals surface area contributed by atoms with E-state index in [1.165, 1.54) is 12.2 Å². The molecule has 0 aliphatic carbocycles. The van der Waals surface area contributed by atoms with Crippen molar-refractivity contribution >= 4 is 17.7 Å². The summed E-state index contributed by atoms with van der Waals surface area (Å²) in [4.78, 5) is 3.97. The van der Waals surface area contributed by atoms with Gasteiger partial charge in [-0.05, 0) is 23.8 Å². The number of aromatic nitrogens is 2. The predicted octanol–water partition coefficient (Wildman–Crippen LogP) is 1.22. The van der Waals surface area contributed by atoms with Gasteiger partial charge in [-0.1, -0.05) is 0 Å². The minimum absolute atomic E-state index is 0.243. The summed E-state index contributed by atoms with van der Waals surface area (Å²) < 4.78 is 4.94. The van der Waals surface area contributed by atoms with Gasteiger partial charge in [-0.3, -0.25) is 0 Å². The van der Waals surface area contributed by atoms with Crippen LogP contribution in [-0.2, 0) is 0 Å². The van der Waals surface area contributed by atoms with Crippen molar-refractivity contribution in [3.8, 4) is 0 Å². The molecular formula is C6H9N3OS. The number of hydrogen-bond acceptors (Lipinski definition) is 5. The van der Waals surface area contributed by atoms with Gasteiger partial charge in [0.25, 0.3) is 5.95 Å². The van der Waals surface area contributed by atoms with Crippen molar-refractivity contribution in [3.05, 3.63) is 5.89 Å². The van der Waals surface area contributed by atoms with Crippen molar-refractivity contribution < 1.29 is 4.52 Å². The fraction of sp³-hybridized carbons (Fsp3) is 0.667. The van der Waals surface area contributed by atoms with Crippen LogP contribution in [0, 0.1) is 0 Å². The standard InChI is InChI=1S/C6H9N3OS/c7-6-8-5(10-9-6)4-2-1-3-11-4/h4H,1-3H2,(H2,7,9). The van der Waals surface area contributed by atoms with E-state index in [0.717, 1.165) is 6.42 Å². The normalized spacial score (nSPS) is 24.2. The summed E-state index contributed by atoms with van der Waals surface area (Å²) in [7, 11) is 0. The summed E-state index contributed by atoms with van der Waals surface area (Å²) in [6, 6.07) is 0. The average Bonchev–Trinajstić information content (AvgIpc) is 2.55. The maximum atomic E-state index is 5.32. The second-order valence-electron chi connectivity index (χ2n) is 2.49. The van der Waals surface area contributed by atoms with E-state index in [2.05, 4.69) is 10.1 Å². The Labute approximate surface area is 68.5 Å². The van der Waals surface area contributed by atoms with Gasteiger partial charge in [0.15, 0.2) is 0 Å². The fourth-order valence-corrected chi connectivity index (χ4v) is 2.34. The smallest absolute Gasteiger partial charge is 0.260 e. The number of anilines is 1. The van der Waals surface area contributed by atoms with Crippen molar-refractivity contribution in [2.45, 2.75) is 18.1 Å². The van der Waals surface area contributed by atoms with E-state index in [-0.39, 0.29) is 5.95 Å². The lowest BCUT2D eigenvalue weighted by Crippen LogP contribution is -1.90. The Morgan fingerprint density at radius 2 is 2.55 bits per heavy atom. The third kappa shape index (κ3) is 1.33. The summed E-state index contributed by atoms with van der Waals surface area (Å²) in [5.41, 5.74) is 5.32. The first-order chi connectivity index (χ1) is 5.36. The van der Waals surface area contributed by atoms with Crippen LogP contribution in [-0.4, -0.2) is 15.9 Å². The first-order valence-electron chi connectivity index (χ1n) is 3.57. The van der Waals surface area contributed by atoms with Crippen molar-refractivity contribution in [1.29, 1.82) is 0 Å². The molecule has 2 N–H and O–H groups in total. The highest BCUT2D eigenvalue weighted by atomic mass is 32.2. The summed E-state index contributed by atoms with van der Waals surface area (Å²) in [6.45, 7) is 0. The Hall–Kier alpha value is -0.710. The molecular weight excluding hydrogens is 162 g/mol. The topological polar surface area (TPSA) is 64.9 Å². The lowest BCUT2D eigenvalue weighted by Gasteiger charge is -1.98. The Kier molecular flexibility index (Phi) is 1.73. The van der Waals surface area contributed by atoms with E-state index in [0.29, 0.717) is 11.1 Å². The Morgan fingerprint density at radius 1 is 1.64 bits per heavy atom.